The number of aliphatic imine (C=N–C) groups is 1. The molecule has 0 spiro atoms. The van der Waals surface area contributed by atoms with Gasteiger partial charge in [0.2, 0.25) is 0 Å². The molecule has 3 aromatic rings. The van der Waals surface area contributed by atoms with Gasteiger partial charge >= 0.3 is 5.97 Å². The highest BCUT2D eigenvalue weighted by Gasteiger charge is 2.25. The van der Waals surface area contributed by atoms with E-state index in [0.717, 1.165) is 22.5 Å². The van der Waals surface area contributed by atoms with Crippen LogP contribution in [-0.4, -0.2) is 26.7 Å². The number of amides is 1. The van der Waals surface area contributed by atoms with Gasteiger partial charge in [0, 0.05) is 16.4 Å². The van der Waals surface area contributed by atoms with E-state index in [1.807, 2.05) is 37.5 Å². The Morgan fingerprint density at radius 2 is 1.91 bits per heavy atom. The summed E-state index contributed by atoms with van der Waals surface area (Å²) in [6.07, 6.45) is 1.80. The quantitative estimate of drug-likeness (QED) is 0.488. The van der Waals surface area contributed by atoms with Gasteiger partial charge in [0.1, 0.15) is 0 Å². The highest BCUT2D eigenvalue weighted by Crippen LogP contribution is 2.32. The van der Waals surface area contributed by atoms with Crippen LogP contribution >= 0.6 is 23.4 Å². The topological polar surface area (TPSA) is 83.7 Å². The lowest BCUT2D eigenvalue weighted by Gasteiger charge is -2.12. The Labute approximate surface area is 194 Å². The number of carbonyl (C=O) groups excluding carboxylic acids is 1. The number of carboxylic acids is 1. The molecule has 0 unspecified atom stereocenters. The molecule has 6 nitrogen and oxygen atoms in total. The van der Waals surface area contributed by atoms with E-state index in [9.17, 15) is 14.7 Å². The SMILES string of the molecule is Cc1ccc(Cl)cc1N=C1NC(=O)/C(=C/c2cc(C)n(-c3ccccc3C(=O)O)c2C)S1. The van der Waals surface area contributed by atoms with Crippen LogP contribution in [0.2, 0.25) is 5.02 Å². The first-order chi connectivity index (χ1) is 15.2. The molecule has 0 saturated carbocycles. The number of nitrogens with zero attached hydrogens (tertiary/aromatic N) is 2. The zero-order valence-corrected chi connectivity index (χ0v) is 19.2. The summed E-state index contributed by atoms with van der Waals surface area (Å²) in [5.74, 6) is -1.22. The number of carboxylic acid groups (broad SMARTS) is 1. The summed E-state index contributed by atoms with van der Waals surface area (Å²) >= 11 is 7.32. The minimum Gasteiger partial charge on any atom is -0.478 e. The van der Waals surface area contributed by atoms with Crippen LogP contribution < -0.4 is 5.32 Å². The fourth-order valence-corrected chi connectivity index (χ4v) is 4.58. The third-order valence-electron chi connectivity index (χ3n) is 5.18. The number of aryl methyl sites for hydroxylation is 2. The molecule has 0 radical (unpaired) electrons. The molecule has 162 valence electrons. The Morgan fingerprint density at radius 1 is 1.16 bits per heavy atom. The van der Waals surface area contributed by atoms with Crippen LogP contribution in [-0.2, 0) is 4.79 Å². The van der Waals surface area contributed by atoms with Gasteiger partial charge in [-0.1, -0.05) is 29.8 Å². The summed E-state index contributed by atoms with van der Waals surface area (Å²) in [6, 6.07) is 14.2. The average Bonchev–Trinajstić information content (AvgIpc) is 3.22. The van der Waals surface area contributed by atoms with Gasteiger partial charge in [-0.15, -0.1) is 0 Å². The predicted molar refractivity (Wildman–Crippen MR) is 129 cm³/mol. The second kappa shape index (κ2) is 8.68. The highest BCUT2D eigenvalue weighted by molar-refractivity contribution is 8.18. The first-order valence-electron chi connectivity index (χ1n) is 9.82. The van der Waals surface area contributed by atoms with Gasteiger partial charge in [-0.2, -0.15) is 0 Å². The maximum Gasteiger partial charge on any atom is 0.337 e. The van der Waals surface area contributed by atoms with E-state index < -0.39 is 5.97 Å². The smallest absolute Gasteiger partial charge is 0.337 e. The minimum atomic E-state index is -0.990. The van der Waals surface area contributed by atoms with Crippen molar-refractivity contribution < 1.29 is 14.7 Å². The number of halogens is 1. The van der Waals surface area contributed by atoms with Crippen LogP contribution in [0.1, 0.15) is 32.9 Å². The molecular formula is C24H20ClN3O3S. The van der Waals surface area contributed by atoms with Crippen LogP contribution in [0.5, 0.6) is 0 Å². The van der Waals surface area contributed by atoms with E-state index in [1.165, 1.54) is 11.8 Å². The Balaban J connectivity index is 1.69. The number of benzene rings is 2. The fourth-order valence-electron chi connectivity index (χ4n) is 3.59. The van der Waals surface area contributed by atoms with Crippen LogP contribution in [0.4, 0.5) is 5.69 Å². The number of rotatable bonds is 4. The number of para-hydroxylation sites is 1. The molecule has 8 heteroatoms. The lowest BCUT2D eigenvalue weighted by atomic mass is 10.1. The van der Waals surface area contributed by atoms with E-state index in [-0.39, 0.29) is 11.5 Å². The maximum atomic E-state index is 12.6. The van der Waals surface area contributed by atoms with Crippen molar-refractivity contribution in [2.75, 3.05) is 0 Å². The van der Waals surface area contributed by atoms with Crippen LogP contribution in [0.15, 0.2) is 58.4 Å². The van der Waals surface area contributed by atoms with Gasteiger partial charge in [0.25, 0.3) is 5.91 Å². The molecule has 1 amide bonds. The van der Waals surface area contributed by atoms with Crippen LogP contribution in [0.3, 0.4) is 0 Å². The molecule has 1 saturated heterocycles. The lowest BCUT2D eigenvalue weighted by molar-refractivity contribution is -0.115. The van der Waals surface area contributed by atoms with Gasteiger partial charge in [-0.05, 0) is 80.1 Å². The number of aromatic nitrogens is 1. The minimum absolute atomic E-state index is 0.216. The van der Waals surface area contributed by atoms with Gasteiger partial charge in [0.15, 0.2) is 5.17 Å². The van der Waals surface area contributed by atoms with E-state index >= 15 is 0 Å². The number of amidine groups is 1. The van der Waals surface area contributed by atoms with E-state index in [2.05, 4.69) is 10.3 Å². The van der Waals surface area contributed by atoms with Crippen molar-refractivity contribution >= 4 is 52.2 Å². The molecule has 2 N–H and O–H groups in total. The van der Waals surface area contributed by atoms with E-state index in [0.29, 0.717) is 26.5 Å². The second-order valence-electron chi connectivity index (χ2n) is 7.40. The Morgan fingerprint density at radius 3 is 2.66 bits per heavy atom. The van der Waals surface area contributed by atoms with Crippen molar-refractivity contribution in [1.82, 2.24) is 9.88 Å². The molecule has 2 aromatic carbocycles. The largest absolute Gasteiger partial charge is 0.478 e. The summed E-state index contributed by atoms with van der Waals surface area (Å²) < 4.78 is 1.89. The molecular weight excluding hydrogens is 446 g/mol. The van der Waals surface area contributed by atoms with Crippen molar-refractivity contribution in [1.29, 1.82) is 0 Å². The number of thioether (sulfide) groups is 1. The standard InChI is InChI=1S/C24H20ClN3O3S/c1-13-8-9-17(25)12-19(13)26-24-27-22(29)21(32-24)11-16-10-14(2)28(15(16)3)20-7-5-4-6-18(20)23(30)31/h4-12H,1-3H3,(H,30,31)(H,26,27,29)/b21-11-. The third kappa shape index (κ3) is 4.22. The third-order valence-corrected chi connectivity index (χ3v) is 6.32. The Hall–Kier alpha value is -3.29. The van der Waals surface area contributed by atoms with Gasteiger partial charge < -0.3 is 15.0 Å². The van der Waals surface area contributed by atoms with Crippen LogP contribution in [0, 0.1) is 20.8 Å². The molecule has 1 aliphatic rings. The molecule has 4 rings (SSSR count). The maximum absolute atomic E-state index is 12.6. The molecule has 1 aromatic heterocycles. The monoisotopic (exact) mass is 465 g/mol. The fraction of sp³-hybridized carbons (Fsp3) is 0.125. The number of nitrogens with one attached hydrogen (secondary N) is 1. The lowest BCUT2D eigenvalue weighted by Crippen LogP contribution is -2.19. The first kappa shape index (κ1) is 21.9. The average molecular weight is 466 g/mol. The van der Waals surface area contributed by atoms with Crippen molar-refractivity contribution in [3.63, 3.8) is 0 Å². The summed E-state index contributed by atoms with van der Waals surface area (Å²) in [7, 11) is 0. The Kier molecular flexibility index (Phi) is 5.95. The van der Waals surface area contributed by atoms with E-state index in [4.69, 9.17) is 11.6 Å². The van der Waals surface area contributed by atoms with E-state index in [1.54, 1.807) is 42.5 Å². The van der Waals surface area contributed by atoms with Crippen molar-refractivity contribution in [2.45, 2.75) is 20.8 Å². The molecule has 0 atom stereocenters. The second-order valence-corrected chi connectivity index (χ2v) is 8.86. The summed E-state index contributed by atoms with van der Waals surface area (Å²) in [6.45, 7) is 5.74. The number of hydrogen-bond acceptors (Lipinski definition) is 4. The molecule has 0 bridgehead atoms. The zero-order chi connectivity index (χ0) is 23.0. The molecule has 2 heterocycles. The molecule has 1 fully saturated rings. The van der Waals surface area contributed by atoms with Crippen molar-refractivity contribution in [2.24, 2.45) is 4.99 Å². The first-order valence-corrected chi connectivity index (χ1v) is 11.0. The normalized spacial score (nSPS) is 16.1. The van der Waals surface area contributed by atoms with Crippen molar-refractivity contribution in [3.8, 4) is 5.69 Å². The molecule has 0 aliphatic carbocycles. The summed E-state index contributed by atoms with van der Waals surface area (Å²) in [5.41, 5.74) is 5.00. The van der Waals surface area contributed by atoms with Crippen molar-refractivity contribution in [3.05, 3.63) is 86.5 Å². The van der Waals surface area contributed by atoms with Crippen LogP contribution in [0.25, 0.3) is 11.8 Å². The number of hydrogen-bond donors (Lipinski definition) is 2. The van der Waals surface area contributed by atoms with Gasteiger partial charge in [-0.25, -0.2) is 9.79 Å². The zero-order valence-electron chi connectivity index (χ0n) is 17.6. The van der Waals surface area contributed by atoms with Gasteiger partial charge in [0.05, 0.1) is 21.8 Å². The number of carbonyl (C=O) groups is 2. The predicted octanol–water partition coefficient (Wildman–Crippen LogP) is 5.65. The summed E-state index contributed by atoms with van der Waals surface area (Å²) in [5, 5.41) is 13.4. The molecule has 32 heavy (non-hydrogen) atoms. The Bertz CT molecular complexity index is 1320. The van der Waals surface area contributed by atoms with Gasteiger partial charge in [-0.3, -0.25) is 4.79 Å². The highest BCUT2D eigenvalue weighted by atomic mass is 35.5. The number of aromatic carboxylic acids is 1. The summed E-state index contributed by atoms with van der Waals surface area (Å²) in [4.78, 5) is 29.3. The molecule has 1 aliphatic heterocycles.